The van der Waals surface area contributed by atoms with E-state index in [0.717, 1.165) is 5.56 Å². The molecule has 0 bridgehead atoms. The normalized spacial score (nSPS) is 11.8. The molecule has 0 unspecified atom stereocenters. The van der Waals surface area contributed by atoms with Crippen LogP contribution in [0, 0.1) is 0 Å². The molecule has 3 rings (SSSR count). The number of carbonyl (C=O) groups excluding carboxylic acids is 1. The van der Waals surface area contributed by atoms with Crippen molar-refractivity contribution >= 4 is 27.3 Å². The molecular weight excluding hydrogens is 410 g/mol. The third-order valence-electron chi connectivity index (χ3n) is 4.27. The number of rotatable bonds is 7. The molecule has 29 heavy (non-hydrogen) atoms. The highest BCUT2D eigenvalue weighted by Gasteiger charge is 2.22. The summed E-state index contributed by atoms with van der Waals surface area (Å²) in [5.74, 6) is 0.152. The second-order valence-electron chi connectivity index (χ2n) is 6.55. The van der Waals surface area contributed by atoms with Crippen LogP contribution in [0.15, 0.2) is 53.0 Å². The van der Waals surface area contributed by atoms with Crippen molar-refractivity contribution in [3.63, 3.8) is 0 Å². The van der Waals surface area contributed by atoms with Gasteiger partial charge >= 0.3 is 0 Å². The van der Waals surface area contributed by atoms with Crippen LogP contribution in [0.3, 0.4) is 0 Å². The molecule has 10 heteroatoms. The Labute approximate surface area is 173 Å². The molecule has 152 valence electrons. The summed E-state index contributed by atoms with van der Waals surface area (Å²) in [6.45, 7) is 3.89. The first-order valence-corrected chi connectivity index (χ1v) is 11.2. The average molecular weight is 432 g/mol. The molecule has 0 spiro atoms. The molecule has 1 aromatic carbocycles. The molecule has 0 saturated carbocycles. The van der Waals surface area contributed by atoms with Crippen molar-refractivity contribution < 1.29 is 13.2 Å². The Balaban J connectivity index is 1.63. The third kappa shape index (κ3) is 4.84. The molecule has 2 aromatic heterocycles. The summed E-state index contributed by atoms with van der Waals surface area (Å²) in [6.07, 6.45) is 3.23. The smallest absolute Gasteiger partial charge is 0.271 e. The van der Waals surface area contributed by atoms with Crippen molar-refractivity contribution in [2.45, 2.75) is 31.3 Å². The van der Waals surface area contributed by atoms with Gasteiger partial charge in [-0.15, -0.1) is 11.3 Å². The van der Waals surface area contributed by atoms with E-state index in [1.54, 1.807) is 55.2 Å². The van der Waals surface area contributed by atoms with Crippen molar-refractivity contribution in [1.29, 1.82) is 0 Å². The molecule has 1 N–H and O–H groups in total. The van der Waals surface area contributed by atoms with Gasteiger partial charge in [-0.2, -0.15) is 4.31 Å². The minimum atomic E-state index is -3.53. The summed E-state index contributed by atoms with van der Waals surface area (Å²) < 4.78 is 26.3. The molecule has 0 fully saturated rings. The number of thiazole rings is 1. The van der Waals surface area contributed by atoms with Gasteiger partial charge in [-0.25, -0.2) is 23.4 Å². The standard InChI is InChI=1S/C19H21N5O3S2/c1-13(2)24(3)29(26,27)15-7-5-14(6-8-15)11-22-18(25)16-12-28-19(23-16)17-20-9-4-10-21-17/h4-10,12-13H,11H2,1-3H3,(H,22,25). The molecule has 8 nitrogen and oxygen atoms in total. The Hall–Kier alpha value is -2.69. The molecule has 0 aliphatic rings. The number of benzene rings is 1. The minimum absolute atomic E-state index is 0.136. The van der Waals surface area contributed by atoms with E-state index in [0.29, 0.717) is 10.8 Å². The summed E-state index contributed by atoms with van der Waals surface area (Å²) in [6, 6.07) is 8.04. The van der Waals surface area contributed by atoms with E-state index in [1.165, 1.54) is 15.6 Å². The van der Waals surface area contributed by atoms with Crippen LogP contribution in [0.1, 0.15) is 29.9 Å². The number of nitrogens with one attached hydrogen (secondary N) is 1. The van der Waals surface area contributed by atoms with Gasteiger partial charge in [0.25, 0.3) is 5.91 Å². The maximum atomic E-state index is 12.5. The van der Waals surface area contributed by atoms with Gasteiger partial charge < -0.3 is 5.32 Å². The number of amides is 1. The minimum Gasteiger partial charge on any atom is -0.347 e. The summed E-state index contributed by atoms with van der Waals surface area (Å²) >= 11 is 1.29. The second kappa shape index (κ2) is 8.76. The van der Waals surface area contributed by atoms with Gasteiger partial charge in [-0.05, 0) is 37.6 Å². The van der Waals surface area contributed by atoms with Crippen LogP contribution >= 0.6 is 11.3 Å². The summed E-state index contributed by atoms with van der Waals surface area (Å²) in [4.78, 5) is 25.1. The van der Waals surface area contributed by atoms with Crippen LogP contribution in [0.4, 0.5) is 0 Å². The van der Waals surface area contributed by atoms with Gasteiger partial charge in [0.1, 0.15) is 5.69 Å². The maximum absolute atomic E-state index is 12.5. The quantitative estimate of drug-likeness (QED) is 0.616. The van der Waals surface area contributed by atoms with Crippen LogP contribution < -0.4 is 5.32 Å². The van der Waals surface area contributed by atoms with Crippen molar-refractivity contribution in [3.05, 3.63) is 59.4 Å². The van der Waals surface area contributed by atoms with Gasteiger partial charge in [0.15, 0.2) is 10.8 Å². The van der Waals surface area contributed by atoms with Crippen LogP contribution in [0.5, 0.6) is 0 Å². The van der Waals surface area contributed by atoms with Crippen molar-refractivity contribution in [1.82, 2.24) is 24.6 Å². The Bertz CT molecular complexity index is 1080. The molecule has 0 saturated heterocycles. The van der Waals surface area contributed by atoms with Crippen LogP contribution in [0.2, 0.25) is 0 Å². The topological polar surface area (TPSA) is 105 Å². The fourth-order valence-corrected chi connectivity index (χ4v) is 4.50. The van der Waals surface area contributed by atoms with Gasteiger partial charge in [-0.3, -0.25) is 4.79 Å². The number of hydrogen-bond acceptors (Lipinski definition) is 7. The Morgan fingerprint density at radius 2 is 1.83 bits per heavy atom. The number of aromatic nitrogens is 3. The monoisotopic (exact) mass is 431 g/mol. The lowest BCUT2D eigenvalue weighted by Crippen LogP contribution is -2.33. The largest absolute Gasteiger partial charge is 0.347 e. The van der Waals surface area contributed by atoms with Gasteiger partial charge in [0.2, 0.25) is 10.0 Å². The molecule has 3 aromatic rings. The first-order chi connectivity index (χ1) is 13.8. The lowest BCUT2D eigenvalue weighted by Gasteiger charge is -2.21. The van der Waals surface area contributed by atoms with Crippen molar-refractivity contribution in [2.24, 2.45) is 0 Å². The highest BCUT2D eigenvalue weighted by Crippen LogP contribution is 2.20. The summed E-state index contributed by atoms with van der Waals surface area (Å²) in [7, 11) is -1.98. The predicted molar refractivity (Wildman–Crippen MR) is 111 cm³/mol. The molecular formula is C19H21N5O3S2. The molecule has 0 atom stereocenters. The molecule has 1 amide bonds. The van der Waals surface area contributed by atoms with Crippen molar-refractivity contribution in [3.8, 4) is 10.8 Å². The van der Waals surface area contributed by atoms with E-state index >= 15 is 0 Å². The van der Waals surface area contributed by atoms with E-state index in [4.69, 9.17) is 0 Å². The maximum Gasteiger partial charge on any atom is 0.271 e. The molecule has 2 heterocycles. The lowest BCUT2D eigenvalue weighted by molar-refractivity contribution is 0.0946. The average Bonchev–Trinajstić information content (AvgIpc) is 3.22. The van der Waals surface area contributed by atoms with E-state index in [-0.39, 0.29) is 29.1 Å². The summed E-state index contributed by atoms with van der Waals surface area (Å²) in [5.41, 5.74) is 1.07. The second-order valence-corrected chi connectivity index (χ2v) is 9.41. The Kier molecular flexibility index (Phi) is 6.36. The highest BCUT2D eigenvalue weighted by molar-refractivity contribution is 7.89. The molecule has 0 radical (unpaired) electrons. The van der Waals surface area contributed by atoms with Crippen LogP contribution in [0.25, 0.3) is 10.8 Å². The molecule has 0 aliphatic carbocycles. The van der Waals surface area contributed by atoms with E-state index in [9.17, 15) is 13.2 Å². The van der Waals surface area contributed by atoms with Gasteiger partial charge in [-0.1, -0.05) is 12.1 Å². The zero-order valence-corrected chi connectivity index (χ0v) is 17.9. The van der Waals surface area contributed by atoms with E-state index in [2.05, 4.69) is 20.3 Å². The fraction of sp³-hybridized carbons (Fsp3) is 0.263. The number of carbonyl (C=O) groups is 1. The molecule has 0 aliphatic heterocycles. The fourth-order valence-electron chi connectivity index (χ4n) is 2.39. The lowest BCUT2D eigenvalue weighted by atomic mass is 10.2. The first-order valence-electron chi connectivity index (χ1n) is 8.87. The third-order valence-corrected chi connectivity index (χ3v) is 7.16. The Morgan fingerprint density at radius 3 is 2.45 bits per heavy atom. The number of nitrogens with zero attached hydrogens (tertiary/aromatic N) is 4. The van der Waals surface area contributed by atoms with E-state index in [1.807, 2.05) is 13.8 Å². The van der Waals surface area contributed by atoms with Crippen LogP contribution in [-0.4, -0.2) is 46.7 Å². The van der Waals surface area contributed by atoms with Gasteiger partial charge in [0, 0.05) is 37.4 Å². The van der Waals surface area contributed by atoms with Crippen molar-refractivity contribution in [2.75, 3.05) is 7.05 Å². The zero-order chi connectivity index (χ0) is 21.0. The number of hydrogen-bond donors (Lipinski definition) is 1. The number of sulfonamides is 1. The van der Waals surface area contributed by atoms with Gasteiger partial charge in [0.05, 0.1) is 4.90 Å². The SMILES string of the molecule is CC(C)N(C)S(=O)(=O)c1ccc(CNC(=O)c2csc(-c3ncccn3)n2)cc1. The summed E-state index contributed by atoms with van der Waals surface area (Å²) in [5, 5.41) is 5.00. The Morgan fingerprint density at radius 1 is 1.17 bits per heavy atom. The zero-order valence-electron chi connectivity index (χ0n) is 16.2. The first kappa shape index (κ1) is 21.0. The predicted octanol–water partition coefficient (Wildman–Crippen LogP) is 2.56. The van der Waals surface area contributed by atoms with Crippen LogP contribution in [-0.2, 0) is 16.6 Å². The van der Waals surface area contributed by atoms with E-state index < -0.39 is 10.0 Å². The highest BCUT2D eigenvalue weighted by atomic mass is 32.2.